The maximum absolute atomic E-state index is 12.0. The Hall–Kier alpha value is -2.73. The predicted molar refractivity (Wildman–Crippen MR) is 95.3 cm³/mol. The topological polar surface area (TPSA) is 64.1 Å². The van der Waals surface area contributed by atoms with Crippen molar-refractivity contribution in [1.82, 2.24) is 9.97 Å². The van der Waals surface area contributed by atoms with E-state index in [1.54, 1.807) is 30.8 Å². The van der Waals surface area contributed by atoms with E-state index in [0.717, 1.165) is 27.7 Å². The van der Waals surface area contributed by atoms with E-state index in [-0.39, 0.29) is 5.91 Å². The Morgan fingerprint density at radius 3 is 2.62 bits per heavy atom. The van der Waals surface area contributed by atoms with E-state index in [0.29, 0.717) is 12.8 Å². The number of pyridine rings is 1. The van der Waals surface area contributed by atoms with Crippen molar-refractivity contribution in [3.8, 4) is 17.0 Å². The molecular formula is C18H17N3O2S. The number of hydrogen-bond donors (Lipinski definition) is 1. The van der Waals surface area contributed by atoms with Crippen molar-refractivity contribution < 1.29 is 9.53 Å². The Morgan fingerprint density at radius 2 is 1.92 bits per heavy atom. The molecule has 1 N–H and O–H groups in total. The number of carbonyl (C=O) groups excluding carboxylic acids is 1. The molecule has 3 aromatic rings. The molecule has 2 heterocycles. The second kappa shape index (κ2) is 7.70. The minimum absolute atomic E-state index is 0.0270. The molecule has 0 aliphatic heterocycles. The number of aromatic nitrogens is 2. The number of nitrogens with one attached hydrogen (secondary N) is 1. The number of benzene rings is 1. The van der Waals surface area contributed by atoms with Gasteiger partial charge in [-0.3, -0.25) is 9.78 Å². The molecule has 0 saturated heterocycles. The number of thiazole rings is 1. The van der Waals surface area contributed by atoms with Crippen LogP contribution in [-0.4, -0.2) is 23.0 Å². The van der Waals surface area contributed by atoms with Crippen molar-refractivity contribution in [2.24, 2.45) is 0 Å². The smallest absolute Gasteiger partial charge is 0.224 e. The zero-order chi connectivity index (χ0) is 16.8. The van der Waals surface area contributed by atoms with Gasteiger partial charge in [0.25, 0.3) is 0 Å². The molecule has 0 atom stereocenters. The second-order valence-corrected chi connectivity index (χ2v) is 6.08. The summed E-state index contributed by atoms with van der Waals surface area (Å²) in [5.41, 5.74) is 2.72. The van der Waals surface area contributed by atoms with Crippen molar-refractivity contribution in [3.05, 3.63) is 59.2 Å². The van der Waals surface area contributed by atoms with Gasteiger partial charge in [0.1, 0.15) is 5.75 Å². The van der Waals surface area contributed by atoms with Crippen LogP contribution in [-0.2, 0) is 11.2 Å². The van der Waals surface area contributed by atoms with Gasteiger partial charge in [0.05, 0.1) is 17.8 Å². The van der Waals surface area contributed by atoms with Crippen molar-refractivity contribution in [1.29, 1.82) is 0 Å². The van der Waals surface area contributed by atoms with Crippen LogP contribution >= 0.6 is 11.3 Å². The first kappa shape index (κ1) is 16.1. The molecule has 5 nitrogen and oxygen atoms in total. The molecule has 0 unspecified atom stereocenters. The standard InChI is InChI=1S/C18H17N3O2S/c1-23-15-4-2-14(3-5-15)20-17(22)6-7-18-21-16(12-24-18)13-8-10-19-11-9-13/h2-5,8-12H,6-7H2,1H3,(H,20,22). The lowest BCUT2D eigenvalue weighted by atomic mass is 10.2. The molecule has 0 bridgehead atoms. The number of carbonyl (C=O) groups is 1. The Balaban J connectivity index is 1.53. The summed E-state index contributed by atoms with van der Waals surface area (Å²) >= 11 is 1.57. The summed E-state index contributed by atoms with van der Waals surface area (Å²) in [6, 6.07) is 11.1. The van der Waals surface area contributed by atoms with Crippen LogP contribution in [0.15, 0.2) is 54.2 Å². The van der Waals surface area contributed by atoms with Crippen LogP contribution in [0.2, 0.25) is 0 Å². The fraction of sp³-hybridized carbons (Fsp3) is 0.167. The zero-order valence-electron chi connectivity index (χ0n) is 13.2. The fourth-order valence-corrected chi connectivity index (χ4v) is 3.01. The first-order chi connectivity index (χ1) is 11.7. The highest BCUT2D eigenvalue weighted by molar-refractivity contribution is 7.09. The molecule has 6 heteroatoms. The van der Waals surface area contributed by atoms with Crippen LogP contribution in [0.25, 0.3) is 11.3 Å². The molecule has 3 rings (SSSR count). The van der Waals surface area contributed by atoms with Crippen molar-refractivity contribution in [3.63, 3.8) is 0 Å². The van der Waals surface area contributed by atoms with Crippen LogP contribution in [0.1, 0.15) is 11.4 Å². The maximum atomic E-state index is 12.0. The van der Waals surface area contributed by atoms with Gasteiger partial charge in [-0.05, 0) is 36.4 Å². The number of hydrogen-bond acceptors (Lipinski definition) is 5. The molecule has 0 fully saturated rings. The average Bonchev–Trinajstić information content (AvgIpc) is 3.10. The number of ether oxygens (including phenoxy) is 1. The molecule has 0 radical (unpaired) electrons. The van der Waals surface area contributed by atoms with Crippen LogP contribution in [0.3, 0.4) is 0 Å². The van der Waals surface area contributed by atoms with Gasteiger partial charge in [-0.1, -0.05) is 0 Å². The Morgan fingerprint density at radius 1 is 1.17 bits per heavy atom. The van der Waals surface area contributed by atoms with Crippen molar-refractivity contribution in [2.45, 2.75) is 12.8 Å². The minimum Gasteiger partial charge on any atom is -0.497 e. The summed E-state index contributed by atoms with van der Waals surface area (Å²) in [6.45, 7) is 0. The quantitative estimate of drug-likeness (QED) is 0.742. The third-order valence-electron chi connectivity index (χ3n) is 3.47. The Bertz CT molecular complexity index is 801. The van der Waals surface area contributed by atoms with Gasteiger partial charge in [-0.15, -0.1) is 11.3 Å². The first-order valence-corrected chi connectivity index (χ1v) is 8.41. The molecule has 0 spiro atoms. The highest BCUT2D eigenvalue weighted by atomic mass is 32.1. The average molecular weight is 339 g/mol. The molecule has 0 aliphatic carbocycles. The van der Waals surface area contributed by atoms with E-state index in [1.807, 2.05) is 41.8 Å². The van der Waals surface area contributed by atoms with Crippen molar-refractivity contribution >= 4 is 22.9 Å². The van der Waals surface area contributed by atoms with Gasteiger partial charge in [0.2, 0.25) is 5.91 Å². The summed E-state index contributed by atoms with van der Waals surface area (Å²) in [6.07, 6.45) is 4.51. The monoisotopic (exact) mass is 339 g/mol. The number of aryl methyl sites for hydroxylation is 1. The maximum Gasteiger partial charge on any atom is 0.224 e. The molecule has 24 heavy (non-hydrogen) atoms. The summed E-state index contributed by atoms with van der Waals surface area (Å²) in [5.74, 6) is 0.736. The van der Waals surface area contributed by atoms with E-state index in [1.165, 1.54) is 0 Å². The van der Waals surface area contributed by atoms with E-state index in [9.17, 15) is 4.79 Å². The van der Waals surface area contributed by atoms with Gasteiger partial charge in [0.15, 0.2) is 0 Å². The van der Waals surface area contributed by atoms with Crippen LogP contribution in [0.4, 0.5) is 5.69 Å². The van der Waals surface area contributed by atoms with Crippen LogP contribution < -0.4 is 10.1 Å². The lowest BCUT2D eigenvalue weighted by molar-refractivity contribution is -0.116. The molecule has 0 saturated carbocycles. The normalized spacial score (nSPS) is 10.4. The highest BCUT2D eigenvalue weighted by Crippen LogP contribution is 2.22. The van der Waals surface area contributed by atoms with Gasteiger partial charge in [-0.25, -0.2) is 4.98 Å². The molecular weight excluding hydrogens is 322 g/mol. The SMILES string of the molecule is COc1ccc(NC(=O)CCc2nc(-c3ccncc3)cs2)cc1. The fourth-order valence-electron chi connectivity index (χ4n) is 2.20. The van der Waals surface area contributed by atoms with E-state index in [2.05, 4.69) is 15.3 Å². The largest absolute Gasteiger partial charge is 0.497 e. The molecule has 0 aliphatic rings. The van der Waals surface area contributed by atoms with E-state index in [4.69, 9.17) is 4.74 Å². The second-order valence-electron chi connectivity index (χ2n) is 5.14. The lowest BCUT2D eigenvalue weighted by Crippen LogP contribution is -2.12. The summed E-state index contributed by atoms with van der Waals surface area (Å²) < 4.78 is 5.09. The van der Waals surface area contributed by atoms with Crippen LogP contribution in [0.5, 0.6) is 5.75 Å². The van der Waals surface area contributed by atoms with E-state index >= 15 is 0 Å². The molecule has 122 valence electrons. The zero-order valence-corrected chi connectivity index (χ0v) is 14.0. The van der Waals surface area contributed by atoms with Gasteiger partial charge < -0.3 is 10.1 Å². The van der Waals surface area contributed by atoms with Gasteiger partial charge >= 0.3 is 0 Å². The number of rotatable bonds is 6. The predicted octanol–water partition coefficient (Wildman–Crippen LogP) is 3.79. The first-order valence-electron chi connectivity index (χ1n) is 7.53. The highest BCUT2D eigenvalue weighted by Gasteiger charge is 2.08. The van der Waals surface area contributed by atoms with Crippen LogP contribution in [0, 0.1) is 0 Å². The van der Waals surface area contributed by atoms with Gasteiger partial charge in [0, 0.05) is 41.9 Å². The minimum atomic E-state index is -0.0270. The lowest BCUT2D eigenvalue weighted by Gasteiger charge is -2.05. The Labute approximate surface area is 144 Å². The van der Waals surface area contributed by atoms with Gasteiger partial charge in [-0.2, -0.15) is 0 Å². The third kappa shape index (κ3) is 4.17. The number of amides is 1. The summed E-state index contributed by atoms with van der Waals surface area (Å²) in [4.78, 5) is 20.6. The van der Waals surface area contributed by atoms with Crippen molar-refractivity contribution in [2.75, 3.05) is 12.4 Å². The van der Waals surface area contributed by atoms with E-state index < -0.39 is 0 Å². The number of anilines is 1. The number of nitrogens with zero attached hydrogens (tertiary/aromatic N) is 2. The summed E-state index contributed by atoms with van der Waals surface area (Å²) in [5, 5.41) is 5.83. The molecule has 1 aromatic carbocycles. The number of methoxy groups -OCH3 is 1. The third-order valence-corrected chi connectivity index (χ3v) is 4.38. The molecule has 2 aromatic heterocycles. The summed E-state index contributed by atoms with van der Waals surface area (Å²) in [7, 11) is 1.61. The Kier molecular flexibility index (Phi) is 5.18. The molecule has 1 amide bonds.